The molecular formula is C15H26N4O2. The van der Waals surface area contributed by atoms with Gasteiger partial charge in [0.05, 0.1) is 18.0 Å². The molecule has 0 aliphatic heterocycles. The van der Waals surface area contributed by atoms with Crippen molar-refractivity contribution in [3.05, 3.63) is 12.4 Å². The van der Waals surface area contributed by atoms with E-state index in [1.54, 1.807) is 22.8 Å². The molecule has 0 bridgehead atoms. The van der Waals surface area contributed by atoms with Crippen molar-refractivity contribution in [1.29, 1.82) is 0 Å². The first-order valence-electron chi connectivity index (χ1n) is 7.71. The van der Waals surface area contributed by atoms with Crippen LogP contribution in [0.1, 0.15) is 45.6 Å². The molecule has 6 nitrogen and oxygen atoms in total. The van der Waals surface area contributed by atoms with Crippen LogP contribution in [0, 0.1) is 5.92 Å². The highest BCUT2D eigenvalue weighted by Crippen LogP contribution is 2.25. The van der Waals surface area contributed by atoms with E-state index in [0.717, 1.165) is 25.7 Å². The van der Waals surface area contributed by atoms with E-state index in [4.69, 9.17) is 0 Å². The third kappa shape index (κ3) is 4.20. The number of hydrogen-bond donors (Lipinski definition) is 2. The van der Waals surface area contributed by atoms with E-state index in [1.807, 2.05) is 20.0 Å². The Hall–Kier alpha value is -1.56. The number of hydrogen-bond acceptors (Lipinski definition) is 3. The molecule has 1 saturated carbocycles. The number of rotatable bonds is 4. The number of aliphatic hydroxyl groups is 1. The van der Waals surface area contributed by atoms with Gasteiger partial charge in [0.1, 0.15) is 0 Å². The van der Waals surface area contributed by atoms with Crippen molar-refractivity contribution in [2.45, 2.75) is 51.7 Å². The topological polar surface area (TPSA) is 70.4 Å². The highest BCUT2D eigenvalue weighted by molar-refractivity contribution is 5.88. The lowest BCUT2D eigenvalue weighted by Gasteiger charge is -2.31. The Morgan fingerprint density at radius 3 is 2.86 bits per heavy atom. The van der Waals surface area contributed by atoms with Gasteiger partial charge < -0.3 is 15.3 Å². The maximum absolute atomic E-state index is 12.2. The minimum Gasteiger partial charge on any atom is -0.393 e. The summed E-state index contributed by atoms with van der Waals surface area (Å²) in [6, 6.07) is 0.113. The van der Waals surface area contributed by atoms with Gasteiger partial charge in [-0.25, -0.2) is 4.79 Å². The average molecular weight is 294 g/mol. The zero-order chi connectivity index (χ0) is 15.4. The molecule has 2 atom stereocenters. The highest BCUT2D eigenvalue weighted by atomic mass is 16.3. The summed E-state index contributed by atoms with van der Waals surface area (Å²) >= 11 is 0. The standard InChI is InChI=1S/C15H26N4O2/c1-11(2)19-10-13(8-16-19)17-15(21)18(3)9-12-6-4-5-7-14(12)20/h8,10-12,14,20H,4-7,9H2,1-3H3,(H,17,21). The number of nitrogens with one attached hydrogen (secondary N) is 1. The molecule has 118 valence electrons. The van der Waals surface area contributed by atoms with E-state index >= 15 is 0 Å². The van der Waals surface area contributed by atoms with Crippen molar-refractivity contribution in [3.63, 3.8) is 0 Å². The summed E-state index contributed by atoms with van der Waals surface area (Å²) in [5, 5.41) is 17.0. The Labute approximate surface area is 126 Å². The SMILES string of the molecule is CC(C)n1cc(NC(=O)N(C)CC2CCCCC2O)cn1. The second-order valence-corrected chi connectivity index (χ2v) is 6.23. The monoisotopic (exact) mass is 294 g/mol. The predicted molar refractivity (Wildman–Crippen MR) is 82.2 cm³/mol. The van der Waals surface area contributed by atoms with Crippen molar-refractivity contribution in [1.82, 2.24) is 14.7 Å². The quantitative estimate of drug-likeness (QED) is 0.896. The zero-order valence-corrected chi connectivity index (χ0v) is 13.1. The molecule has 2 N–H and O–H groups in total. The summed E-state index contributed by atoms with van der Waals surface area (Å²) in [6.07, 6.45) is 7.26. The van der Waals surface area contributed by atoms with E-state index in [1.165, 1.54) is 0 Å². The lowest BCUT2D eigenvalue weighted by Crippen LogP contribution is -2.39. The molecule has 1 aliphatic rings. The number of carbonyl (C=O) groups is 1. The fraction of sp³-hybridized carbons (Fsp3) is 0.733. The number of anilines is 1. The Bertz CT molecular complexity index is 472. The summed E-state index contributed by atoms with van der Waals surface area (Å²) in [5.41, 5.74) is 0.699. The van der Waals surface area contributed by atoms with Gasteiger partial charge in [0.2, 0.25) is 0 Å². The van der Waals surface area contributed by atoms with Gasteiger partial charge in [0.15, 0.2) is 0 Å². The first-order valence-corrected chi connectivity index (χ1v) is 7.71. The van der Waals surface area contributed by atoms with E-state index in [9.17, 15) is 9.90 Å². The van der Waals surface area contributed by atoms with Gasteiger partial charge in [-0.3, -0.25) is 4.68 Å². The maximum Gasteiger partial charge on any atom is 0.321 e. The fourth-order valence-electron chi connectivity index (χ4n) is 2.74. The van der Waals surface area contributed by atoms with Gasteiger partial charge in [-0.1, -0.05) is 12.8 Å². The first kappa shape index (κ1) is 15.8. The van der Waals surface area contributed by atoms with Crippen LogP contribution in [0.2, 0.25) is 0 Å². The zero-order valence-electron chi connectivity index (χ0n) is 13.1. The average Bonchev–Trinajstić information content (AvgIpc) is 2.90. The Morgan fingerprint density at radius 2 is 2.24 bits per heavy atom. The molecule has 2 amide bonds. The van der Waals surface area contributed by atoms with Crippen LogP contribution < -0.4 is 5.32 Å². The van der Waals surface area contributed by atoms with Crippen molar-refractivity contribution >= 4 is 11.7 Å². The largest absolute Gasteiger partial charge is 0.393 e. The van der Waals surface area contributed by atoms with Crippen molar-refractivity contribution < 1.29 is 9.90 Å². The molecule has 1 fully saturated rings. The Balaban J connectivity index is 1.86. The first-order chi connectivity index (χ1) is 9.97. The number of amides is 2. The van der Waals surface area contributed by atoms with Crippen LogP contribution in [0.4, 0.5) is 10.5 Å². The molecule has 0 spiro atoms. The molecule has 1 aromatic rings. The molecule has 0 saturated heterocycles. The highest BCUT2D eigenvalue weighted by Gasteiger charge is 2.25. The Kier molecular flexibility index (Phi) is 5.22. The summed E-state index contributed by atoms with van der Waals surface area (Å²) in [5.74, 6) is 0.188. The molecule has 6 heteroatoms. The maximum atomic E-state index is 12.2. The van der Waals surface area contributed by atoms with E-state index in [-0.39, 0.29) is 24.1 Å². The van der Waals surface area contributed by atoms with E-state index in [2.05, 4.69) is 10.4 Å². The molecular weight excluding hydrogens is 268 g/mol. The van der Waals surface area contributed by atoms with Crippen LogP contribution in [0.5, 0.6) is 0 Å². The molecule has 2 rings (SSSR count). The summed E-state index contributed by atoms with van der Waals surface area (Å²) in [7, 11) is 1.77. The van der Waals surface area contributed by atoms with Gasteiger partial charge >= 0.3 is 6.03 Å². The smallest absolute Gasteiger partial charge is 0.321 e. The second kappa shape index (κ2) is 6.93. The van der Waals surface area contributed by atoms with Crippen LogP contribution in [0.25, 0.3) is 0 Å². The van der Waals surface area contributed by atoms with Crippen molar-refractivity contribution in [3.8, 4) is 0 Å². The molecule has 0 radical (unpaired) electrons. The third-order valence-corrected chi connectivity index (χ3v) is 4.11. The lowest BCUT2D eigenvalue weighted by molar-refractivity contribution is 0.0575. The van der Waals surface area contributed by atoms with Crippen LogP contribution in [-0.2, 0) is 0 Å². The minimum absolute atomic E-state index is 0.156. The van der Waals surface area contributed by atoms with E-state index < -0.39 is 0 Å². The normalized spacial score (nSPS) is 22.3. The molecule has 1 aromatic heterocycles. The second-order valence-electron chi connectivity index (χ2n) is 6.23. The van der Waals surface area contributed by atoms with Crippen LogP contribution in [-0.4, -0.2) is 45.5 Å². The van der Waals surface area contributed by atoms with Crippen LogP contribution in [0.3, 0.4) is 0 Å². The number of carbonyl (C=O) groups excluding carboxylic acids is 1. The fourth-order valence-corrected chi connectivity index (χ4v) is 2.74. The number of aromatic nitrogens is 2. The summed E-state index contributed by atoms with van der Waals surface area (Å²) < 4.78 is 1.81. The number of nitrogens with zero attached hydrogens (tertiary/aromatic N) is 3. The van der Waals surface area contributed by atoms with Crippen molar-refractivity contribution in [2.75, 3.05) is 18.9 Å². The molecule has 0 aromatic carbocycles. The Morgan fingerprint density at radius 1 is 1.52 bits per heavy atom. The van der Waals surface area contributed by atoms with Gasteiger partial charge in [-0.05, 0) is 26.7 Å². The van der Waals surface area contributed by atoms with Crippen molar-refractivity contribution in [2.24, 2.45) is 5.92 Å². The minimum atomic E-state index is -0.280. The number of aliphatic hydroxyl groups excluding tert-OH is 1. The summed E-state index contributed by atoms with van der Waals surface area (Å²) in [6.45, 7) is 4.66. The molecule has 1 heterocycles. The number of urea groups is 1. The molecule has 1 aliphatic carbocycles. The third-order valence-electron chi connectivity index (χ3n) is 4.11. The van der Waals surface area contributed by atoms with Gasteiger partial charge in [0.25, 0.3) is 0 Å². The van der Waals surface area contributed by atoms with Crippen LogP contribution >= 0.6 is 0 Å². The van der Waals surface area contributed by atoms with Gasteiger partial charge in [-0.2, -0.15) is 5.10 Å². The van der Waals surface area contributed by atoms with Gasteiger partial charge in [0, 0.05) is 31.7 Å². The molecule has 21 heavy (non-hydrogen) atoms. The van der Waals surface area contributed by atoms with Crippen LogP contribution in [0.15, 0.2) is 12.4 Å². The van der Waals surface area contributed by atoms with E-state index in [0.29, 0.717) is 12.2 Å². The molecule has 2 unspecified atom stereocenters. The predicted octanol–water partition coefficient (Wildman–Crippen LogP) is 2.48. The van der Waals surface area contributed by atoms with Gasteiger partial charge in [-0.15, -0.1) is 0 Å². The lowest BCUT2D eigenvalue weighted by atomic mass is 9.86. The summed E-state index contributed by atoms with van der Waals surface area (Å²) in [4.78, 5) is 13.8.